The van der Waals surface area contributed by atoms with Crippen LogP contribution in [0.1, 0.15) is 13.3 Å². The predicted molar refractivity (Wildman–Crippen MR) is 15.2 cm³/mol. The molecular weight excluding hydrogens is 275 g/mol. The van der Waals surface area contributed by atoms with Crippen molar-refractivity contribution in [3.8, 4) is 0 Å². The van der Waals surface area contributed by atoms with Gasteiger partial charge in [0.25, 0.3) is 0 Å². The average molecular weight is 282 g/mol. The molecule has 26 valence electrons. The van der Waals surface area contributed by atoms with Crippen molar-refractivity contribution in [2.24, 2.45) is 0 Å². The van der Waals surface area contributed by atoms with Crippen molar-refractivity contribution < 1.29 is 55.0 Å². The van der Waals surface area contributed by atoms with E-state index in [0.29, 0.717) is 0 Å². The average Bonchev–Trinajstić information content (AvgIpc) is 1.37. The van der Waals surface area contributed by atoms with Gasteiger partial charge in [0.05, 0.1) is 0 Å². The minimum atomic E-state index is 0. The Kier molecular flexibility index (Phi) is 17.8. The molecule has 0 saturated carbocycles. The van der Waals surface area contributed by atoms with Crippen molar-refractivity contribution in [3.63, 3.8) is 0 Å². The Bertz CT molecular complexity index is 8.85. The molecular formula is C3H7FrO. The van der Waals surface area contributed by atoms with Gasteiger partial charge in [0, 0.05) is 0 Å². The molecule has 0 atom stereocenters. The third kappa shape index (κ3) is 10.8. The molecule has 0 aliphatic rings. The Balaban J connectivity index is 0. The van der Waals surface area contributed by atoms with Crippen LogP contribution in [0.15, 0.2) is 0 Å². The molecule has 0 rings (SSSR count). The van der Waals surface area contributed by atoms with Crippen molar-refractivity contribution in [3.05, 3.63) is 0 Å². The number of rotatable bonds is 1. The van der Waals surface area contributed by atoms with Crippen LogP contribution in [-0.2, 0) is 0 Å². The first-order valence-corrected chi connectivity index (χ1v) is 1.50. The molecule has 0 aliphatic heterocycles. The molecule has 0 aromatic heterocycles. The maximum Gasteiger partial charge on any atom is 1.00 e. The van der Waals surface area contributed by atoms with Crippen molar-refractivity contribution in [1.82, 2.24) is 0 Å². The van der Waals surface area contributed by atoms with E-state index in [1.807, 2.05) is 6.92 Å². The van der Waals surface area contributed by atoms with Gasteiger partial charge in [-0.15, -0.1) is 6.61 Å². The van der Waals surface area contributed by atoms with Gasteiger partial charge < -0.3 is 5.11 Å². The fraction of sp³-hybridized carbons (Fsp3) is 1.00. The largest absolute Gasteiger partial charge is 1.00 e. The molecule has 0 fully saturated rings. The maximum absolute atomic E-state index is 9.30. The summed E-state index contributed by atoms with van der Waals surface area (Å²) < 4.78 is 0. The second kappa shape index (κ2) is 9.12. The second-order valence-corrected chi connectivity index (χ2v) is 0.704. The van der Waals surface area contributed by atoms with Crippen LogP contribution in [0.25, 0.3) is 0 Å². The van der Waals surface area contributed by atoms with Crippen molar-refractivity contribution in [2.45, 2.75) is 13.3 Å². The standard InChI is InChI=1S/C3H7O.Fr/c1-2-3-4;/h2-3H2,1H3;/q-1;+1. The molecule has 0 N–H and O–H groups in total. The summed E-state index contributed by atoms with van der Waals surface area (Å²) in [5.74, 6) is 0. The van der Waals surface area contributed by atoms with Gasteiger partial charge in [0.15, 0.2) is 0 Å². The minimum Gasteiger partial charge on any atom is -0.854 e. The zero-order valence-electron chi connectivity index (χ0n) is 3.82. The summed E-state index contributed by atoms with van der Waals surface area (Å²) in [5, 5.41) is 9.30. The van der Waals surface area contributed by atoms with Gasteiger partial charge in [-0.1, -0.05) is 13.3 Å². The molecule has 0 saturated heterocycles. The first kappa shape index (κ1) is 9.75. The van der Waals surface area contributed by atoms with Crippen molar-refractivity contribution in [1.29, 1.82) is 0 Å². The van der Waals surface area contributed by atoms with Gasteiger partial charge in [-0.3, -0.25) is 0 Å². The van der Waals surface area contributed by atoms with Crippen LogP contribution in [0.5, 0.6) is 0 Å². The van der Waals surface area contributed by atoms with Gasteiger partial charge in [-0.2, -0.15) is 0 Å². The van der Waals surface area contributed by atoms with Gasteiger partial charge in [-0.25, -0.2) is 0 Å². The summed E-state index contributed by atoms with van der Waals surface area (Å²) in [6, 6.07) is 0. The Labute approximate surface area is 73.8 Å². The quantitative estimate of drug-likeness (QED) is 0.651. The number of hydrogen-bond donors (Lipinski definition) is 0. The smallest absolute Gasteiger partial charge is 0.854 e. The molecule has 0 aromatic rings. The summed E-state index contributed by atoms with van der Waals surface area (Å²) in [6.07, 6.45) is 0.764. The first-order valence-electron chi connectivity index (χ1n) is 1.50. The Hall–Kier alpha value is 1.56. The molecule has 2 heteroatoms. The Morgan fingerprint density at radius 1 is 1.60 bits per heavy atom. The van der Waals surface area contributed by atoms with E-state index in [1.165, 1.54) is 0 Å². The second-order valence-electron chi connectivity index (χ2n) is 0.704. The monoisotopic (exact) mass is 282 g/mol. The van der Waals surface area contributed by atoms with E-state index < -0.39 is 0 Å². The Morgan fingerprint density at radius 2 is 1.80 bits per heavy atom. The van der Waals surface area contributed by atoms with E-state index in [1.54, 1.807) is 0 Å². The molecule has 0 spiro atoms. The van der Waals surface area contributed by atoms with E-state index in [4.69, 9.17) is 0 Å². The van der Waals surface area contributed by atoms with Crippen LogP contribution in [-0.4, -0.2) is 6.61 Å². The van der Waals surface area contributed by atoms with Crippen LogP contribution < -0.4 is 5.11 Å². The SMILES string of the molecule is CCC[O-].[Fr+]. The van der Waals surface area contributed by atoms with E-state index in [0.717, 1.165) is 6.42 Å². The van der Waals surface area contributed by atoms with Gasteiger partial charge >= 0.3 is 49.9 Å². The molecule has 5 heavy (non-hydrogen) atoms. The fourth-order valence-corrected chi connectivity index (χ4v) is 0. The predicted octanol–water partition coefficient (Wildman–Crippen LogP) is -0.243. The third-order valence-corrected chi connectivity index (χ3v) is 0.204. The zero-order valence-corrected chi connectivity index (χ0v) is 12.0. The van der Waals surface area contributed by atoms with E-state index >= 15 is 0 Å². The van der Waals surface area contributed by atoms with Gasteiger partial charge in [0.2, 0.25) is 0 Å². The van der Waals surface area contributed by atoms with Crippen LogP contribution in [0.4, 0.5) is 0 Å². The van der Waals surface area contributed by atoms with Crippen LogP contribution in [0, 0.1) is 49.9 Å². The normalized spacial score (nSPS) is 6.00. The van der Waals surface area contributed by atoms with Crippen LogP contribution >= 0.6 is 0 Å². The summed E-state index contributed by atoms with van der Waals surface area (Å²) >= 11 is 0. The summed E-state index contributed by atoms with van der Waals surface area (Å²) in [7, 11) is 0. The molecule has 0 unspecified atom stereocenters. The maximum atomic E-state index is 9.30. The first-order chi connectivity index (χ1) is 1.91. The molecule has 0 aromatic carbocycles. The third-order valence-electron chi connectivity index (χ3n) is 0.204. The van der Waals surface area contributed by atoms with Crippen molar-refractivity contribution >= 4 is 0 Å². The van der Waals surface area contributed by atoms with Gasteiger partial charge in [0.1, 0.15) is 0 Å². The van der Waals surface area contributed by atoms with Crippen LogP contribution in [0.2, 0.25) is 0 Å². The molecule has 0 bridgehead atoms. The fourth-order valence-electron chi connectivity index (χ4n) is 0. The van der Waals surface area contributed by atoms with Gasteiger partial charge in [-0.05, 0) is 0 Å². The van der Waals surface area contributed by atoms with E-state index in [9.17, 15) is 5.11 Å². The summed E-state index contributed by atoms with van der Waals surface area (Å²) in [4.78, 5) is 0. The molecule has 0 radical (unpaired) electrons. The van der Waals surface area contributed by atoms with E-state index in [2.05, 4.69) is 0 Å². The Morgan fingerprint density at radius 3 is 1.80 bits per heavy atom. The van der Waals surface area contributed by atoms with E-state index in [-0.39, 0.29) is 56.5 Å². The van der Waals surface area contributed by atoms with Crippen molar-refractivity contribution in [2.75, 3.05) is 6.61 Å². The summed E-state index contributed by atoms with van der Waals surface area (Å²) in [5.41, 5.74) is 0. The molecule has 1 nitrogen and oxygen atoms in total. The molecule has 0 amide bonds. The zero-order chi connectivity index (χ0) is 3.41. The summed E-state index contributed by atoms with van der Waals surface area (Å²) in [6.45, 7) is 1.94. The van der Waals surface area contributed by atoms with Crippen LogP contribution in [0.3, 0.4) is 0 Å². The topological polar surface area (TPSA) is 23.1 Å². The minimum absolute atomic E-state index is 0. The molecule has 0 heterocycles. The number of hydrogen-bond acceptors (Lipinski definition) is 1. The molecule has 0 aliphatic carbocycles.